The summed E-state index contributed by atoms with van der Waals surface area (Å²) in [6.07, 6.45) is -22.2. The maximum absolute atomic E-state index is 11.7. The van der Waals surface area contributed by atoms with Crippen LogP contribution in [0.15, 0.2) is 0 Å². The molecule has 0 aromatic carbocycles. The Hall–Kier alpha value is -1.09. The lowest BCUT2D eigenvalue weighted by molar-refractivity contribution is -0.380. The zero-order chi connectivity index (χ0) is 26.9. The highest BCUT2D eigenvalue weighted by atomic mass is 16.8. The summed E-state index contributed by atoms with van der Waals surface area (Å²) in [6, 6.07) is -1.39. The molecule has 0 spiro atoms. The fourth-order valence-corrected chi connectivity index (χ4v) is 4.38. The van der Waals surface area contributed by atoms with Gasteiger partial charge in [0.25, 0.3) is 0 Å². The minimum Gasteiger partial charge on any atom is -0.394 e. The van der Waals surface area contributed by atoms with Crippen molar-refractivity contribution in [1.82, 2.24) is 5.32 Å². The lowest BCUT2D eigenvalue weighted by atomic mass is 9.95. The van der Waals surface area contributed by atoms with Gasteiger partial charge in [-0.25, -0.2) is 0 Å². The van der Waals surface area contributed by atoms with Crippen molar-refractivity contribution in [2.24, 2.45) is 0 Å². The highest BCUT2D eigenvalue weighted by molar-refractivity contribution is 5.73. The molecule has 1 amide bonds. The number of nitrogens with one attached hydrogen (secondary N) is 1. The maximum atomic E-state index is 11.7. The van der Waals surface area contributed by atoms with Crippen molar-refractivity contribution in [2.45, 2.75) is 106 Å². The number of aliphatic hydroxyl groups excluding tert-OH is 9. The first-order valence-corrected chi connectivity index (χ1v) is 11.4. The second-order valence-corrected chi connectivity index (χ2v) is 9.05. The molecule has 10 N–H and O–H groups in total. The third-order valence-electron chi connectivity index (χ3n) is 6.46. The van der Waals surface area contributed by atoms with Gasteiger partial charge >= 0.3 is 0 Å². The van der Waals surface area contributed by atoms with Gasteiger partial charge in [-0.1, -0.05) is 0 Å². The van der Waals surface area contributed by atoms with E-state index in [2.05, 4.69) is 5.32 Å². The van der Waals surface area contributed by atoms with Gasteiger partial charge < -0.3 is 75.0 Å². The molecule has 0 radical (unpaired) electrons. The lowest BCUT2D eigenvalue weighted by Gasteiger charge is -2.48. The Labute approximate surface area is 205 Å². The van der Waals surface area contributed by atoms with Crippen LogP contribution in [0.5, 0.6) is 0 Å². The molecule has 16 nitrogen and oxygen atoms in total. The summed E-state index contributed by atoms with van der Waals surface area (Å²) in [7, 11) is 0. The molecule has 210 valence electrons. The number of carbonyl (C=O) groups excluding carboxylic acids is 1. The number of carbonyl (C=O) groups is 1. The zero-order valence-electron chi connectivity index (χ0n) is 19.5. The molecule has 0 aromatic rings. The van der Waals surface area contributed by atoms with Crippen LogP contribution in [0.2, 0.25) is 0 Å². The molecule has 36 heavy (non-hydrogen) atoms. The van der Waals surface area contributed by atoms with Gasteiger partial charge in [0, 0.05) is 6.92 Å². The number of aliphatic hydroxyl groups is 9. The van der Waals surface area contributed by atoms with Gasteiger partial charge in [0.1, 0.15) is 67.1 Å². The Morgan fingerprint density at radius 2 is 1.31 bits per heavy atom. The summed E-state index contributed by atoms with van der Waals surface area (Å²) in [5.74, 6) is -0.632. The van der Waals surface area contributed by atoms with Crippen LogP contribution in [0.25, 0.3) is 0 Å². The van der Waals surface area contributed by atoms with Gasteiger partial charge in [0.05, 0.1) is 19.3 Å². The van der Waals surface area contributed by atoms with Crippen molar-refractivity contribution in [2.75, 3.05) is 13.2 Å². The quantitative estimate of drug-likeness (QED) is 0.147. The van der Waals surface area contributed by atoms with Crippen LogP contribution in [-0.2, 0) is 28.5 Å². The van der Waals surface area contributed by atoms with E-state index in [1.165, 1.54) is 6.92 Å². The van der Waals surface area contributed by atoms with Crippen molar-refractivity contribution >= 4 is 5.91 Å². The molecule has 3 aliphatic heterocycles. The molecular weight excluding hydrogens is 494 g/mol. The normalized spacial score (nSPS) is 50.0. The molecule has 0 aliphatic carbocycles. The van der Waals surface area contributed by atoms with E-state index in [-0.39, 0.29) is 0 Å². The van der Waals surface area contributed by atoms with E-state index >= 15 is 0 Å². The van der Waals surface area contributed by atoms with E-state index in [9.17, 15) is 50.8 Å². The highest BCUT2D eigenvalue weighted by Crippen LogP contribution is 2.32. The lowest BCUT2D eigenvalue weighted by Crippen LogP contribution is -2.68. The summed E-state index contributed by atoms with van der Waals surface area (Å²) in [5.41, 5.74) is 0. The number of hydrogen-bond acceptors (Lipinski definition) is 15. The van der Waals surface area contributed by atoms with Gasteiger partial charge in [0.15, 0.2) is 18.9 Å². The Kier molecular flexibility index (Phi) is 9.97. The van der Waals surface area contributed by atoms with Crippen LogP contribution in [-0.4, -0.2) is 157 Å². The summed E-state index contributed by atoms with van der Waals surface area (Å²) in [6.45, 7) is 1.00. The topological polar surface area (TPSA) is 257 Å². The van der Waals surface area contributed by atoms with E-state index in [4.69, 9.17) is 23.7 Å². The van der Waals surface area contributed by atoms with Crippen LogP contribution in [0, 0.1) is 0 Å². The first-order valence-electron chi connectivity index (χ1n) is 11.4. The summed E-state index contributed by atoms with van der Waals surface area (Å²) in [4.78, 5) is 11.7. The largest absolute Gasteiger partial charge is 0.394 e. The van der Waals surface area contributed by atoms with E-state index in [0.717, 1.165) is 6.92 Å². The Balaban J connectivity index is 1.89. The maximum Gasteiger partial charge on any atom is 0.217 e. The van der Waals surface area contributed by atoms with E-state index in [1.807, 2.05) is 0 Å². The molecule has 3 heterocycles. The minimum absolute atomic E-state index is 0.632. The van der Waals surface area contributed by atoms with Crippen molar-refractivity contribution in [3.05, 3.63) is 0 Å². The van der Waals surface area contributed by atoms with Crippen molar-refractivity contribution in [3.8, 4) is 0 Å². The Morgan fingerprint density at radius 1 is 0.722 bits per heavy atom. The molecule has 3 saturated heterocycles. The monoisotopic (exact) mass is 529 g/mol. The highest BCUT2D eigenvalue weighted by Gasteiger charge is 2.53. The zero-order valence-corrected chi connectivity index (χ0v) is 19.5. The minimum atomic E-state index is -1.83. The molecule has 3 aliphatic rings. The summed E-state index contributed by atoms with van der Waals surface area (Å²) < 4.78 is 27.4. The number of rotatable bonds is 7. The second kappa shape index (κ2) is 12.2. The third kappa shape index (κ3) is 5.97. The molecule has 0 aromatic heterocycles. The predicted octanol–water partition coefficient (Wildman–Crippen LogP) is -6.40. The number of ether oxygens (including phenoxy) is 5. The van der Waals surface area contributed by atoms with Crippen LogP contribution in [0.1, 0.15) is 13.8 Å². The standard InChI is InChI=1S/C20H35NO15/c1-5-10(25)13(28)15(30)19(32-5)36-17-14(29)11(26)7(3-22)34-20(17)35-16-9(21-6(2)24)18(31)33-8(4-23)12(16)27/h5,7-20,22-23,25-31H,3-4H2,1-2H3,(H,21,24). The molecular formula is C20H35NO15. The smallest absolute Gasteiger partial charge is 0.217 e. The van der Waals surface area contributed by atoms with E-state index < -0.39 is 111 Å². The van der Waals surface area contributed by atoms with Crippen molar-refractivity contribution < 1.29 is 74.4 Å². The fraction of sp³-hybridized carbons (Fsp3) is 0.950. The summed E-state index contributed by atoms with van der Waals surface area (Å²) >= 11 is 0. The second-order valence-electron chi connectivity index (χ2n) is 9.05. The third-order valence-corrected chi connectivity index (χ3v) is 6.46. The molecule has 3 fully saturated rings. The van der Waals surface area contributed by atoms with Crippen LogP contribution >= 0.6 is 0 Å². The van der Waals surface area contributed by atoms with Gasteiger partial charge in [-0.2, -0.15) is 0 Å². The van der Waals surface area contributed by atoms with Crippen molar-refractivity contribution in [1.29, 1.82) is 0 Å². The van der Waals surface area contributed by atoms with Crippen molar-refractivity contribution in [3.63, 3.8) is 0 Å². The fourth-order valence-electron chi connectivity index (χ4n) is 4.38. The van der Waals surface area contributed by atoms with Crippen LogP contribution < -0.4 is 5.32 Å². The van der Waals surface area contributed by atoms with E-state index in [0.29, 0.717) is 0 Å². The molecule has 15 atom stereocenters. The first-order chi connectivity index (χ1) is 16.9. The first kappa shape index (κ1) is 29.5. The van der Waals surface area contributed by atoms with Gasteiger partial charge in [-0.15, -0.1) is 0 Å². The van der Waals surface area contributed by atoms with Gasteiger partial charge in [-0.3, -0.25) is 4.79 Å². The Morgan fingerprint density at radius 3 is 1.89 bits per heavy atom. The number of amides is 1. The molecule has 15 unspecified atom stereocenters. The van der Waals surface area contributed by atoms with E-state index in [1.54, 1.807) is 0 Å². The molecule has 0 saturated carbocycles. The SMILES string of the molecule is CC(=O)NC1C(O)OC(CO)C(O)C1OC1OC(CO)C(O)C(O)C1OC1OC(C)C(O)C(O)C1O. The number of hydrogen-bond donors (Lipinski definition) is 10. The van der Waals surface area contributed by atoms with Crippen LogP contribution in [0.4, 0.5) is 0 Å². The van der Waals surface area contributed by atoms with Gasteiger partial charge in [-0.05, 0) is 6.92 Å². The molecule has 0 bridgehead atoms. The predicted molar refractivity (Wildman–Crippen MR) is 111 cm³/mol. The van der Waals surface area contributed by atoms with Crippen LogP contribution in [0.3, 0.4) is 0 Å². The molecule has 16 heteroatoms. The average Bonchev–Trinajstić information content (AvgIpc) is 2.83. The molecule has 3 rings (SSSR count). The summed E-state index contributed by atoms with van der Waals surface area (Å²) in [5, 5.41) is 93.8. The average molecular weight is 529 g/mol. The Bertz CT molecular complexity index is 731. The van der Waals surface area contributed by atoms with Gasteiger partial charge in [0.2, 0.25) is 5.91 Å².